The van der Waals surface area contributed by atoms with E-state index in [1.807, 2.05) is 53.9 Å². The van der Waals surface area contributed by atoms with Crippen molar-refractivity contribution in [3.63, 3.8) is 0 Å². The molecule has 1 unspecified atom stereocenters. The number of ketones is 2. The zero-order valence-corrected chi connectivity index (χ0v) is 66.9. The van der Waals surface area contributed by atoms with Crippen molar-refractivity contribution in [2.24, 2.45) is 29.6 Å². The van der Waals surface area contributed by atoms with Gasteiger partial charge in [0.1, 0.15) is 36.2 Å². The Labute approximate surface area is 662 Å². The van der Waals surface area contributed by atoms with Gasteiger partial charge in [-0.25, -0.2) is 39.2 Å². The highest BCUT2D eigenvalue weighted by Gasteiger charge is 2.40. The summed E-state index contributed by atoms with van der Waals surface area (Å²) in [5.74, 6) is -14.4. The lowest BCUT2D eigenvalue weighted by Gasteiger charge is -2.39. The number of amides is 9. The van der Waals surface area contributed by atoms with E-state index in [-0.39, 0.29) is 130 Å². The lowest BCUT2D eigenvalue weighted by molar-refractivity contribution is -0.160. The van der Waals surface area contributed by atoms with Crippen LogP contribution in [0.2, 0.25) is 0 Å². The minimum atomic E-state index is -1.69. The predicted molar refractivity (Wildman–Crippen MR) is 414 cm³/mol. The Kier molecular flexibility index (Phi) is 42.0. The molecule has 0 radical (unpaired) electrons. The summed E-state index contributed by atoms with van der Waals surface area (Å²) in [6, 6.07) is 4.62. The van der Waals surface area contributed by atoms with E-state index in [0.717, 1.165) is 47.4 Å². The summed E-state index contributed by atoms with van der Waals surface area (Å²) >= 11 is 1.26. The summed E-state index contributed by atoms with van der Waals surface area (Å²) < 4.78 is 11.0. The third kappa shape index (κ3) is 34.6. The maximum absolute atomic E-state index is 15.0. The molecule has 0 spiro atoms. The van der Waals surface area contributed by atoms with Crippen LogP contribution in [0.25, 0.3) is 0 Å². The van der Waals surface area contributed by atoms with E-state index in [1.165, 1.54) is 23.5 Å². The van der Waals surface area contributed by atoms with Gasteiger partial charge in [0.05, 0.1) is 23.5 Å². The molecule has 34 nitrogen and oxygen atoms in total. The van der Waals surface area contributed by atoms with Crippen LogP contribution in [0.3, 0.4) is 0 Å². The quantitative estimate of drug-likeness (QED) is 0.00900. The fourth-order valence-corrected chi connectivity index (χ4v) is 15.3. The largest absolute Gasteiger partial charge is 0.508 e. The minimum absolute atomic E-state index is 0.0140. The van der Waals surface area contributed by atoms with Gasteiger partial charge in [0.2, 0.25) is 17.7 Å². The standard InChI is InChI=1S/C75H109N11O23S3/c1-9-18-64(94)109-42-86(69(98)52(44(5)10-2)38-61(89)58-22-15-17-30-85(58)8)59(43(3)4)34-46(7)68-79-56(40-110-68)67(97)77-50(36-48-23-25-51(87)26-24-48)33-45(6)65(95)83-84-75(107)108-31-32-111-112-41-57(72(103)104)78-66(96)49(35-47-19-12-11-13-20-47)37-60(88)55(39-63(92)93)82-73(105)76-29-16-14-21-53(70(99)100)80-74(106)81-54(71(101)102)27-28-62(90)91/h11-13,19-20,23-26,40,43-46,49-50,52-55,57-59,87H,9-10,14-18,21-22,27-39,41-42H2,1-8H3,(H,77,97)(H,78,96)(H,83,95)(H,84,107)(H,90,91)(H,92,93)(H,99,100)(H,101,102)(H,103,104)(H2,76,82,105)(H2,80,81,106)/t44?,45-,46+,49+,50+,52-,53-,54-,55-,57-,58+,59+/m0/s1. The van der Waals surface area contributed by atoms with E-state index in [0.29, 0.717) is 35.4 Å². The van der Waals surface area contributed by atoms with Crippen molar-refractivity contribution in [3.05, 3.63) is 81.8 Å². The van der Waals surface area contributed by atoms with E-state index in [4.69, 9.17) is 19.6 Å². The number of phenolic OH excluding ortho intramolecular Hbond substituents is 1. The van der Waals surface area contributed by atoms with Gasteiger partial charge in [-0.3, -0.25) is 53.5 Å². The molecule has 1 saturated heterocycles. The van der Waals surface area contributed by atoms with E-state index < -0.39 is 157 Å². The molecule has 0 bridgehead atoms. The van der Waals surface area contributed by atoms with E-state index in [2.05, 4.69) is 42.3 Å². The van der Waals surface area contributed by atoms with Crippen molar-refractivity contribution in [1.82, 2.24) is 57.5 Å². The number of thiazole rings is 1. The SMILES string of the molecule is CCCC(=O)OCN(C(=O)[C@@H](CC(=O)[C@H]1CCCCN1C)C(C)CC)[C@H](C[C@@H](C)c1nc(C(=O)N[C@@H](Cc2ccc(O)cc2)C[C@H](C)C(=O)NNC(=O)OCCSSC[C@H](NC(=O)[C@@H](CC(=O)[C@H](CC(=O)O)NC(=O)NCCCC[C@H](NC(=O)N[C@@H](CCC(=O)O)C(=O)O)C(=O)O)Cc2ccccc2)C(=O)O)cs1)C(C)C. The summed E-state index contributed by atoms with van der Waals surface area (Å²) in [5, 5.41) is 74.1. The summed E-state index contributed by atoms with van der Waals surface area (Å²) in [6.07, 6.45) is 0.859. The molecule has 9 amide bonds. The van der Waals surface area contributed by atoms with Gasteiger partial charge in [0, 0.05) is 84.9 Å². The third-order valence-corrected chi connectivity index (χ3v) is 22.4. The zero-order valence-electron chi connectivity index (χ0n) is 64.4. The third-order valence-electron chi connectivity index (χ3n) is 19.0. The number of likely N-dealkylation sites (tertiary alicyclic amines) is 1. The summed E-state index contributed by atoms with van der Waals surface area (Å²) in [7, 11) is 4.01. The second-order valence-electron chi connectivity index (χ2n) is 28.2. The molecule has 1 aliphatic heterocycles. The van der Waals surface area contributed by atoms with E-state index in [1.54, 1.807) is 59.7 Å². The number of piperidine rings is 1. The summed E-state index contributed by atoms with van der Waals surface area (Å²) in [5.41, 5.74) is 5.89. The Bertz CT molecular complexity index is 3630. The topological polar surface area (TPSA) is 511 Å². The highest BCUT2D eigenvalue weighted by molar-refractivity contribution is 8.76. The number of carboxylic acid groups (broad SMARTS) is 5. The molecule has 1 aromatic heterocycles. The van der Waals surface area contributed by atoms with Crippen LogP contribution >= 0.6 is 32.9 Å². The van der Waals surface area contributed by atoms with Gasteiger partial charge < -0.3 is 76.9 Å². The number of carbonyl (C=O) groups is 15. The predicted octanol–water partition coefficient (Wildman–Crippen LogP) is 6.88. The maximum Gasteiger partial charge on any atom is 0.426 e. The first-order valence-electron chi connectivity index (χ1n) is 37.4. The number of urea groups is 2. The van der Waals surface area contributed by atoms with Crippen LogP contribution in [0.5, 0.6) is 5.75 Å². The van der Waals surface area contributed by atoms with Gasteiger partial charge in [-0.15, -0.1) is 11.3 Å². The molecule has 620 valence electrons. The van der Waals surface area contributed by atoms with Crippen molar-refractivity contribution in [1.29, 1.82) is 0 Å². The van der Waals surface area contributed by atoms with Crippen molar-refractivity contribution in [2.75, 3.05) is 45.0 Å². The first-order chi connectivity index (χ1) is 53.1. The Hall–Kier alpha value is -9.62. The highest BCUT2D eigenvalue weighted by Crippen LogP contribution is 2.33. The van der Waals surface area contributed by atoms with Crippen molar-refractivity contribution >= 4 is 122 Å². The molecule has 2 aromatic carbocycles. The van der Waals surface area contributed by atoms with Crippen LogP contribution in [0.15, 0.2) is 60.0 Å². The Balaban J connectivity index is 1.31. The van der Waals surface area contributed by atoms with Gasteiger partial charge in [0.25, 0.3) is 5.91 Å². The first-order valence-corrected chi connectivity index (χ1v) is 40.8. The monoisotopic (exact) mass is 1630 g/mol. The number of nitrogens with zero attached hydrogens (tertiary/aromatic N) is 3. The second-order valence-corrected chi connectivity index (χ2v) is 31.8. The van der Waals surface area contributed by atoms with Crippen LogP contribution in [0.1, 0.15) is 184 Å². The molecule has 0 aliphatic carbocycles. The Morgan fingerprint density at radius 1 is 0.670 bits per heavy atom. The molecule has 1 aliphatic rings. The molecule has 1 fully saturated rings. The number of esters is 1. The van der Waals surface area contributed by atoms with E-state index in [9.17, 15) is 97.5 Å². The van der Waals surface area contributed by atoms with Crippen molar-refractivity contribution in [2.45, 2.75) is 212 Å². The summed E-state index contributed by atoms with van der Waals surface area (Å²) in [6.45, 7) is 13.4. The van der Waals surface area contributed by atoms with Crippen LogP contribution in [0, 0.1) is 29.6 Å². The van der Waals surface area contributed by atoms with E-state index >= 15 is 0 Å². The molecule has 12 atom stereocenters. The van der Waals surface area contributed by atoms with Gasteiger partial charge in [-0.2, -0.15) is 0 Å². The number of nitrogens with one attached hydrogen (secondary N) is 8. The molecule has 4 rings (SSSR count). The number of ether oxygens (including phenoxy) is 2. The van der Waals surface area contributed by atoms with Crippen molar-refractivity contribution < 1.29 is 112 Å². The minimum Gasteiger partial charge on any atom is -0.508 e. The van der Waals surface area contributed by atoms with Crippen LogP contribution in [0.4, 0.5) is 14.4 Å². The Morgan fingerprint density at radius 2 is 1.32 bits per heavy atom. The molecular weight excluding hydrogens is 1520 g/mol. The number of aromatic nitrogens is 1. The van der Waals surface area contributed by atoms with Gasteiger partial charge >= 0.3 is 54.0 Å². The van der Waals surface area contributed by atoms with Crippen LogP contribution in [-0.4, -0.2) is 222 Å². The number of hydrogen-bond acceptors (Lipinski definition) is 23. The number of Topliss-reactive ketones (excluding diaryl/α,β-unsaturated/α-hetero) is 2. The normalized spacial score (nSPS) is 15.7. The number of hydrogen-bond donors (Lipinski definition) is 14. The number of carbonyl (C=O) groups excluding carboxylic acids is 10. The number of benzene rings is 2. The second kappa shape index (κ2) is 49.7. The number of carboxylic acids is 5. The number of rotatable bonds is 51. The molecule has 0 saturated carbocycles. The fourth-order valence-electron chi connectivity index (χ4n) is 12.4. The first kappa shape index (κ1) is 94.8. The summed E-state index contributed by atoms with van der Waals surface area (Å²) in [4.78, 5) is 202. The van der Waals surface area contributed by atoms with Gasteiger partial charge in [0.15, 0.2) is 18.3 Å². The number of unbranched alkanes of at least 4 members (excludes halogenated alkanes) is 1. The van der Waals surface area contributed by atoms with Crippen molar-refractivity contribution in [3.8, 4) is 5.75 Å². The van der Waals surface area contributed by atoms with Gasteiger partial charge in [-0.05, 0) is 119 Å². The van der Waals surface area contributed by atoms with Crippen LogP contribution in [-0.2, 0) is 75.1 Å². The maximum atomic E-state index is 15.0. The number of likely N-dealkylation sites (N-methyl/N-ethyl adjacent to an activating group) is 1. The highest BCUT2D eigenvalue weighted by atomic mass is 33.1. The average molecular weight is 1630 g/mol. The lowest BCUT2D eigenvalue weighted by Crippen LogP contribution is -2.51. The number of aromatic hydroxyl groups is 1. The molecule has 14 N–H and O–H groups in total. The van der Waals surface area contributed by atoms with Gasteiger partial charge in [-0.1, -0.05) is 125 Å². The average Bonchev–Trinajstić information content (AvgIpc) is 1.10. The smallest absolute Gasteiger partial charge is 0.426 e. The molecule has 2 heterocycles. The fraction of sp³-hybridized carbons (Fsp3) is 0.600. The number of hydrazine groups is 1. The molecule has 3 aromatic rings. The number of aliphatic carboxylic acids is 5. The molecule has 37 heteroatoms. The zero-order chi connectivity index (χ0) is 83.1. The molecule has 112 heavy (non-hydrogen) atoms. The van der Waals surface area contributed by atoms with Crippen LogP contribution < -0.4 is 42.8 Å². The Morgan fingerprint density at radius 3 is 1.94 bits per heavy atom. The molecular formula is C75H109N11O23S3. The number of phenols is 1. The lowest BCUT2D eigenvalue weighted by atomic mass is 9.82.